The molecule has 3 aromatic rings. The first-order valence-electron chi connectivity index (χ1n) is 12.0. The molecule has 1 aliphatic carbocycles. The van der Waals surface area contributed by atoms with Crippen LogP contribution in [0.5, 0.6) is 0 Å². The first-order chi connectivity index (χ1) is 16.8. The number of anilines is 1. The number of fused-ring (bicyclic) bond motifs is 1. The summed E-state index contributed by atoms with van der Waals surface area (Å²) in [4.78, 5) is 14.9. The minimum atomic E-state index is -4.38. The van der Waals surface area contributed by atoms with Crippen LogP contribution in [0, 0.1) is 5.92 Å². The number of alkyl halides is 3. The van der Waals surface area contributed by atoms with Crippen LogP contribution in [-0.4, -0.2) is 38.9 Å². The van der Waals surface area contributed by atoms with Gasteiger partial charge in [-0.25, -0.2) is 4.79 Å². The summed E-state index contributed by atoms with van der Waals surface area (Å²) in [5.74, 6) is 0.393. The topological polar surface area (TPSA) is 38.8 Å². The van der Waals surface area contributed by atoms with Crippen molar-refractivity contribution in [1.82, 2.24) is 0 Å². The Morgan fingerprint density at radius 1 is 1.17 bits per heavy atom. The van der Waals surface area contributed by atoms with Crippen LogP contribution in [-0.2, 0) is 15.7 Å². The van der Waals surface area contributed by atoms with Crippen LogP contribution in [0.15, 0.2) is 41.8 Å². The molecule has 4 nitrogen and oxygen atoms in total. The van der Waals surface area contributed by atoms with Crippen LogP contribution in [0.2, 0.25) is 0 Å². The molecule has 0 spiro atoms. The Labute approximate surface area is 206 Å². The smallest absolute Gasteiger partial charge is 0.416 e. The highest BCUT2D eigenvalue weighted by Crippen LogP contribution is 2.40. The molecule has 0 N–H and O–H groups in total. The number of morpholine rings is 1. The Kier molecular flexibility index (Phi) is 6.77. The highest BCUT2D eigenvalue weighted by atomic mass is 32.1. The van der Waals surface area contributed by atoms with Crippen molar-refractivity contribution in [3.63, 3.8) is 0 Å². The summed E-state index contributed by atoms with van der Waals surface area (Å²) in [5, 5.41) is 2.57. The molecule has 0 amide bonds. The molecule has 2 aliphatic rings. The second-order valence-electron chi connectivity index (χ2n) is 9.39. The Hall–Kier alpha value is -2.58. The number of esters is 1. The molecule has 2 fully saturated rings. The molecule has 186 valence electrons. The summed E-state index contributed by atoms with van der Waals surface area (Å²) >= 11 is 1.26. The molecule has 1 atom stereocenters. The van der Waals surface area contributed by atoms with Crippen LogP contribution in [0.1, 0.15) is 48.0 Å². The number of carbonyl (C=O) groups is 1. The van der Waals surface area contributed by atoms with Crippen molar-refractivity contribution in [2.24, 2.45) is 5.92 Å². The van der Waals surface area contributed by atoms with E-state index in [-0.39, 0.29) is 6.10 Å². The number of hydrogen-bond acceptors (Lipinski definition) is 5. The molecular weight excluding hydrogens is 475 g/mol. The predicted octanol–water partition coefficient (Wildman–Crippen LogP) is 7.16. The maximum atomic E-state index is 13.1. The van der Waals surface area contributed by atoms with Gasteiger partial charge >= 0.3 is 12.1 Å². The molecule has 1 aromatic heterocycles. The van der Waals surface area contributed by atoms with E-state index in [4.69, 9.17) is 9.47 Å². The fraction of sp³-hybridized carbons (Fsp3) is 0.444. The summed E-state index contributed by atoms with van der Waals surface area (Å²) in [6, 6.07) is 9.43. The van der Waals surface area contributed by atoms with E-state index in [1.165, 1.54) is 56.3 Å². The highest BCUT2D eigenvalue weighted by Gasteiger charge is 2.31. The fourth-order valence-corrected chi connectivity index (χ4v) is 6.00. The van der Waals surface area contributed by atoms with Gasteiger partial charge in [0, 0.05) is 28.7 Å². The first kappa shape index (κ1) is 24.1. The number of carbonyl (C=O) groups excluding carboxylic acids is 1. The molecule has 0 radical (unpaired) electrons. The average molecular weight is 504 g/mol. The lowest BCUT2D eigenvalue weighted by Gasteiger charge is -2.36. The van der Waals surface area contributed by atoms with E-state index in [1.807, 2.05) is 17.5 Å². The molecule has 0 unspecified atom stereocenters. The van der Waals surface area contributed by atoms with E-state index in [0.29, 0.717) is 23.4 Å². The standard InChI is InChI=1S/C27H28F3NO3S/c1-33-26(32)22-13-18(23-16-35-25-14-19(27(28,29)30)7-9-21(23)25)6-10-24(22)31-11-12-34-20(15-31)8-5-17-3-2-4-17/h6-7,9-10,13-14,16-17,20H,2-5,8,11-12,15H2,1H3/t20-/m1/s1. The van der Waals surface area contributed by atoms with E-state index in [0.717, 1.165) is 47.2 Å². The number of halogens is 3. The molecule has 5 rings (SSSR count). The van der Waals surface area contributed by atoms with Gasteiger partial charge in [0.25, 0.3) is 0 Å². The van der Waals surface area contributed by atoms with Gasteiger partial charge < -0.3 is 14.4 Å². The quantitative estimate of drug-likeness (QED) is 0.335. The largest absolute Gasteiger partial charge is 0.465 e. The average Bonchev–Trinajstić information content (AvgIpc) is 3.25. The maximum absolute atomic E-state index is 13.1. The number of hydrogen-bond donors (Lipinski definition) is 0. The second-order valence-corrected chi connectivity index (χ2v) is 10.3. The van der Waals surface area contributed by atoms with Crippen LogP contribution in [0.4, 0.5) is 18.9 Å². The molecule has 1 saturated heterocycles. The van der Waals surface area contributed by atoms with Crippen molar-refractivity contribution < 1.29 is 27.4 Å². The van der Waals surface area contributed by atoms with Crippen LogP contribution < -0.4 is 4.90 Å². The normalized spacial score (nSPS) is 19.1. The highest BCUT2D eigenvalue weighted by molar-refractivity contribution is 7.17. The maximum Gasteiger partial charge on any atom is 0.416 e. The molecule has 2 aromatic carbocycles. The van der Waals surface area contributed by atoms with Crippen molar-refractivity contribution in [1.29, 1.82) is 0 Å². The van der Waals surface area contributed by atoms with Gasteiger partial charge in [-0.1, -0.05) is 31.4 Å². The fourth-order valence-electron chi connectivity index (χ4n) is 5.00. The first-order valence-corrected chi connectivity index (χ1v) is 12.9. The summed E-state index contributed by atoms with van der Waals surface area (Å²) in [6.45, 7) is 2.01. The third-order valence-electron chi connectivity index (χ3n) is 7.22. The Balaban J connectivity index is 1.43. The van der Waals surface area contributed by atoms with Gasteiger partial charge in [0.05, 0.1) is 36.6 Å². The molecular formula is C27H28F3NO3S. The lowest BCUT2D eigenvalue weighted by Crippen LogP contribution is -2.43. The third kappa shape index (κ3) is 5.05. The van der Waals surface area contributed by atoms with E-state index in [9.17, 15) is 18.0 Å². The number of methoxy groups -OCH3 is 1. The SMILES string of the molecule is COC(=O)c1cc(-c2csc3cc(C(F)(F)F)ccc23)ccc1N1CCO[C@H](CCC2CCC2)C1. The zero-order valence-corrected chi connectivity index (χ0v) is 20.4. The zero-order valence-electron chi connectivity index (χ0n) is 19.6. The van der Waals surface area contributed by atoms with Gasteiger partial charge in [-0.05, 0) is 54.0 Å². The molecule has 2 heterocycles. The molecule has 0 bridgehead atoms. The van der Waals surface area contributed by atoms with Crippen LogP contribution in [0.25, 0.3) is 21.2 Å². The van der Waals surface area contributed by atoms with Gasteiger partial charge in [-0.3, -0.25) is 0 Å². The lowest BCUT2D eigenvalue weighted by atomic mass is 9.81. The van der Waals surface area contributed by atoms with E-state index in [1.54, 1.807) is 6.07 Å². The second kappa shape index (κ2) is 9.82. The van der Waals surface area contributed by atoms with Crippen molar-refractivity contribution >= 4 is 33.1 Å². The molecule has 35 heavy (non-hydrogen) atoms. The molecule has 1 saturated carbocycles. The van der Waals surface area contributed by atoms with Crippen LogP contribution >= 0.6 is 11.3 Å². The number of thiophene rings is 1. The van der Waals surface area contributed by atoms with Crippen molar-refractivity contribution in [2.45, 2.75) is 44.4 Å². The van der Waals surface area contributed by atoms with Crippen molar-refractivity contribution in [2.75, 3.05) is 31.7 Å². The minimum Gasteiger partial charge on any atom is -0.465 e. The summed E-state index contributed by atoms with van der Waals surface area (Å²) in [5.41, 5.74) is 2.17. The Morgan fingerprint density at radius 3 is 2.71 bits per heavy atom. The zero-order chi connectivity index (χ0) is 24.6. The Morgan fingerprint density at radius 2 is 2.00 bits per heavy atom. The summed E-state index contributed by atoms with van der Waals surface area (Å²) < 4.78 is 51.0. The third-order valence-corrected chi connectivity index (χ3v) is 8.16. The summed E-state index contributed by atoms with van der Waals surface area (Å²) in [6.07, 6.45) is 1.93. The van der Waals surface area contributed by atoms with Crippen LogP contribution in [0.3, 0.4) is 0 Å². The lowest BCUT2D eigenvalue weighted by molar-refractivity contribution is -0.137. The summed E-state index contributed by atoms with van der Waals surface area (Å²) in [7, 11) is 1.36. The molecule has 8 heteroatoms. The molecule has 1 aliphatic heterocycles. The predicted molar refractivity (Wildman–Crippen MR) is 132 cm³/mol. The number of ether oxygens (including phenoxy) is 2. The number of benzene rings is 2. The van der Waals surface area contributed by atoms with Gasteiger partial charge in [0.2, 0.25) is 0 Å². The van der Waals surface area contributed by atoms with Crippen molar-refractivity contribution in [3.05, 3.63) is 52.9 Å². The Bertz CT molecular complexity index is 1220. The number of nitrogens with zero attached hydrogens (tertiary/aromatic N) is 1. The number of rotatable bonds is 6. The minimum absolute atomic E-state index is 0.137. The van der Waals surface area contributed by atoms with E-state index < -0.39 is 17.7 Å². The van der Waals surface area contributed by atoms with Crippen molar-refractivity contribution in [3.8, 4) is 11.1 Å². The van der Waals surface area contributed by atoms with Gasteiger partial charge in [-0.15, -0.1) is 11.3 Å². The van der Waals surface area contributed by atoms with Gasteiger partial charge in [-0.2, -0.15) is 13.2 Å². The van der Waals surface area contributed by atoms with E-state index >= 15 is 0 Å². The van der Waals surface area contributed by atoms with Gasteiger partial charge in [0.1, 0.15) is 0 Å². The van der Waals surface area contributed by atoms with Gasteiger partial charge in [0.15, 0.2) is 0 Å². The monoisotopic (exact) mass is 503 g/mol. The van der Waals surface area contributed by atoms with E-state index in [2.05, 4.69) is 4.90 Å².